The van der Waals surface area contributed by atoms with Crippen LogP contribution in [0.5, 0.6) is 0 Å². The van der Waals surface area contributed by atoms with Crippen molar-refractivity contribution in [1.82, 2.24) is 25.1 Å². The van der Waals surface area contributed by atoms with Crippen LogP contribution in [0.3, 0.4) is 0 Å². The summed E-state index contributed by atoms with van der Waals surface area (Å²) in [5.41, 5.74) is 0.991. The molecule has 2 atom stereocenters. The Morgan fingerprint density at radius 2 is 2.11 bits per heavy atom. The number of aryl methyl sites for hydroxylation is 1. The zero-order valence-corrected chi connectivity index (χ0v) is 16.5. The molecule has 8 nitrogen and oxygen atoms in total. The van der Waals surface area contributed by atoms with E-state index in [0.717, 1.165) is 59.6 Å². The van der Waals surface area contributed by atoms with Gasteiger partial charge in [0.25, 0.3) is 0 Å². The Hall–Kier alpha value is -2.68. The van der Waals surface area contributed by atoms with Crippen LogP contribution in [0.1, 0.15) is 37.8 Å². The maximum absolute atomic E-state index is 11.4. The Balaban J connectivity index is 1.39. The van der Waals surface area contributed by atoms with E-state index in [1.165, 1.54) is 6.42 Å². The van der Waals surface area contributed by atoms with Crippen LogP contribution >= 0.6 is 11.3 Å². The second kappa shape index (κ2) is 7.05. The summed E-state index contributed by atoms with van der Waals surface area (Å²) < 4.78 is 0. The van der Waals surface area contributed by atoms with Gasteiger partial charge in [0.05, 0.1) is 5.39 Å². The predicted molar refractivity (Wildman–Crippen MR) is 110 cm³/mol. The van der Waals surface area contributed by atoms with Gasteiger partial charge in [-0.3, -0.25) is 9.89 Å². The average molecular weight is 398 g/mol. The van der Waals surface area contributed by atoms with E-state index in [1.54, 1.807) is 11.3 Å². The molecule has 0 saturated carbocycles. The molecule has 0 spiro atoms. The number of anilines is 3. The van der Waals surface area contributed by atoms with Gasteiger partial charge in [0.2, 0.25) is 12.4 Å². The number of H-pyrrole nitrogens is 1. The number of carbonyl (C=O) groups is 1. The number of hydrogen-bond acceptors (Lipinski definition) is 7. The first-order valence-electron chi connectivity index (χ1n) is 9.73. The van der Waals surface area contributed by atoms with Crippen LogP contribution in [0.2, 0.25) is 0 Å². The molecule has 2 saturated heterocycles. The summed E-state index contributed by atoms with van der Waals surface area (Å²) in [6.45, 7) is 1.97. The van der Waals surface area contributed by atoms with Crippen molar-refractivity contribution in [1.29, 1.82) is 0 Å². The van der Waals surface area contributed by atoms with Crippen molar-refractivity contribution < 1.29 is 4.79 Å². The van der Waals surface area contributed by atoms with Gasteiger partial charge in [0.15, 0.2) is 5.82 Å². The van der Waals surface area contributed by atoms with E-state index in [9.17, 15) is 4.79 Å². The molecule has 0 radical (unpaired) electrons. The SMILES string of the molecule is Cc1cc(Nc2nc(NC3CC4CCCC(C3)N4C=O)nc3sccc23)n[nH]1. The van der Waals surface area contributed by atoms with Crippen LogP contribution in [-0.2, 0) is 4.79 Å². The van der Waals surface area contributed by atoms with E-state index < -0.39 is 0 Å². The number of rotatable bonds is 5. The maximum Gasteiger partial charge on any atom is 0.226 e. The fourth-order valence-corrected chi connectivity index (χ4v) is 5.27. The van der Waals surface area contributed by atoms with E-state index in [-0.39, 0.29) is 6.04 Å². The number of nitrogens with one attached hydrogen (secondary N) is 3. The summed E-state index contributed by atoms with van der Waals surface area (Å²) in [6.07, 6.45) is 6.31. The van der Waals surface area contributed by atoms with Crippen LogP contribution in [0.15, 0.2) is 17.5 Å². The van der Waals surface area contributed by atoms with Crippen molar-refractivity contribution in [3.05, 3.63) is 23.2 Å². The minimum absolute atomic E-state index is 0.282. The number of piperidine rings is 2. The molecule has 2 aliphatic heterocycles. The molecule has 5 rings (SSSR count). The van der Waals surface area contributed by atoms with Crippen molar-refractivity contribution >= 4 is 45.5 Å². The van der Waals surface area contributed by atoms with Gasteiger partial charge in [-0.25, -0.2) is 4.98 Å². The number of carbonyl (C=O) groups excluding carboxylic acids is 1. The molecule has 2 unspecified atom stereocenters. The Labute approximate surface area is 166 Å². The van der Waals surface area contributed by atoms with Crippen molar-refractivity contribution in [2.24, 2.45) is 0 Å². The third-order valence-corrected chi connectivity index (χ3v) is 6.57. The summed E-state index contributed by atoms with van der Waals surface area (Å²) in [5, 5.41) is 17.1. The number of thiophene rings is 1. The van der Waals surface area contributed by atoms with E-state index in [1.807, 2.05) is 29.3 Å². The van der Waals surface area contributed by atoms with Gasteiger partial charge >= 0.3 is 0 Å². The fourth-order valence-electron chi connectivity index (χ4n) is 4.51. The number of nitrogens with zero attached hydrogens (tertiary/aromatic N) is 4. The van der Waals surface area contributed by atoms with E-state index in [4.69, 9.17) is 9.97 Å². The number of aromatic nitrogens is 4. The van der Waals surface area contributed by atoms with Gasteiger partial charge in [-0.05, 0) is 50.5 Å². The van der Waals surface area contributed by atoms with Gasteiger partial charge in [0, 0.05) is 29.9 Å². The smallest absolute Gasteiger partial charge is 0.226 e. The molecule has 2 fully saturated rings. The van der Waals surface area contributed by atoms with Crippen LogP contribution in [-0.4, -0.2) is 49.6 Å². The minimum Gasteiger partial charge on any atom is -0.351 e. The fraction of sp³-hybridized carbons (Fsp3) is 0.474. The Morgan fingerprint density at radius 1 is 1.29 bits per heavy atom. The molecule has 3 aromatic heterocycles. The normalized spacial score (nSPS) is 24.3. The number of hydrogen-bond donors (Lipinski definition) is 3. The molecular weight excluding hydrogens is 374 g/mol. The Bertz CT molecular complexity index is 985. The highest BCUT2D eigenvalue weighted by Gasteiger charge is 2.37. The highest BCUT2D eigenvalue weighted by atomic mass is 32.1. The first-order valence-corrected chi connectivity index (χ1v) is 10.6. The molecule has 3 N–H and O–H groups in total. The highest BCUT2D eigenvalue weighted by molar-refractivity contribution is 7.16. The van der Waals surface area contributed by atoms with E-state index >= 15 is 0 Å². The molecule has 28 heavy (non-hydrogen) atoms. The lowest BCUT2D eigenvalue weighted by molar-refractivity contribution is -0.126. The van der Waals surface area contributed by atoms with Crippen LogP contribution < -0.4 is 10.6 Å². The number of aromatic amines is 1. The summed E-state index contributed by atoms with van der Waals surface area (Å²) in [4.78, 5) is 23.9. The lowest BCUT2D eigenvalue weighted by Crippen LogP contribution is -2.54. The predicted octanol–water partition coefficient (Wildman–Crippen LogP) is 3.42. The molecule has 5 heterocycles. The molecule has 2 aliphatic rings. The van der Waals surface area contributed by atoms with Crippen molar-refractivity contribution in [2.75, 3.05) is 10.6 Å². The zero-order chi connectivity index (χ0) is 19.1. The van der Waals surface area contributed by atoms with Crippen LogP contribution in [0.25, 0.3) is 10.2 Å². The summed E-state index contributed by atoms with van der Waals surface area (Å²) in [5.74, 6) is 2.13. The van der Waals surface area contributed by atoms with E-state index in [2.05, 4.69) is 20.8 Å². The largest absolute Gasteiger partial charge is 0.351 e. The van der Waals surface area contributed by atoms with Gasteiger partial charge in [-0.15, -0.1) is 11.3 Å². The highest BCUT2D eigenvalue weighted by Crippen LogP contribution is 2.35. The Kier molecular flexibility index (Phi) is 4.38. The maximum atomic E-state index is 11.4. The average Bonchev–Trinajstić information content (AvgIpc) is 3.30. The number of fused-ring (bicyclic) bond motifs is 3. The first kappa shape index (κ1) is 17.4. The van der Waals surface area contributed by atoms with Crippen molar-refractivity contribution in [3.8, 4) is 0 Å². The topological polar surface area (TPSA) is 98.8 Å². The van der Waals surface area contributed by atoms with Gasteiger partial charge in [0.1, 0.15) is 10.6 Å². The summed E-state index contributed by atoms with van der Waals surface area (Å²) in [6, 6.07) is 4.92. The quantitative estimate of drug-likeness (QED) is 0.571. The summed E-state index contributed by atoms with van der Waals surface area (Å²) in [7, 11) is 0. The molecule has 3 aromatic rings. The standard InChI is InChI=1S/C19H23N7OS/c1-11-7-16(25-24-11)21-17-15-5-6-28-18(15)23-19(22-17)20-12-8-13-3-2-4-14(9-12)26(13)10-27/h5-7,10,12-14H,2-4,8-9H2,1H3,(H3,20,21,22,23,24,25). The molecule has 146 valence electrons. The monoisotopic (exact) mass is 397 g/mol. The molecule has 0 aromatic carbocycles. The van der Waals surface area contributed by atoms with E-state index in [0.29, 0.717) is 18.0 Å². The van der Waals surface area contributed by atoms with Gasteiger partial charge in [-0.1, -0.05) is 0 Å². The second-order valence-electron chi connectivity index (χ2n) is 7.70. The van der Waals surface area contributed by atoms with Crippen molar-refractivity contribution in [3.63, 3.8) is 0 Å². The van der Waals surface area contributed by atoms with Crippen molar-refractivity contribution in [2.45, 2.75) is 57.2 Å². The lowest BCUT2D eigenvalue weighted by atomic mass is 9.82. The third-order valence-electron chi connectivity index (χ3n) is 5.76. The minimum atomic E-state index is 0.282. The molecular formula is C19H23N7OS. The second-order valence-corrected chi connectivity index (χ2v) is 8.59. The third kappa shape index (κ3) is 3.19. The zero-order valence-electron chi connectivity index (χ0n) is 15.7. The van der Waals surface area contributed by atoms with Crippen LogP contribution in [0.4, 0.5) is 17.6 Å². The molecule has 9 heteroatoms. The Morgan fingerprint density at radius 3 is 2.82 bits per heavy atom. The molecule has 1 amide bonds. The van der Waals surface area contributed by atoms with Crippen LogP contribution in [0, 0.1) is 6.92 Å². The van der Waals surface area contributed by atoms with Gasteiger partial charge < -0.3 is 15.5 Å². The molecule has 0 aliphatic carbocycles. The molecule has 2 bridgehead atoms. The van der Waals surface area contributed by atoms with Gasteiger partial charge in [-0.2, -0.15) is 10.1 Å². The lowest BCUT2D eigenvalue weighted by Gasteiger charge is -2.47. The first-order chi connectivity index (χ1) is 13.7. The summed E-state index contributed by atoms with van der Waals surface area (Å²) >= 11 is 1.60. The number of amides is 1.